The van der Waals surface area contributed by atoms with Crippen molar-refractivity contribution < 1.29 is 14.7 Å². The van der Waals surface area contributed by atoms with Gasteiger partial charge in [-0.3, -0.25) is 4.79 Å². The van der Waals surface area contributed by atoms with E-state index >= 15 is 0 Å². The zero-order valence-corrected chi connectivity index (χ0v) is 14.3. The largest absolute Gasteiger partial charge is 0.478 e. The quantitative estimate of drug-likeness (QED) is 0.485. The van der Waals surface area contributed by atoms with Crippen molar-refractivity contribution in [3.8, 4) is 0 Å². The number of hydrogen-bond acceptors (Lipinski definition) is 5. The average molecular weight is 352 g/mol. The van der Waals surface area contributed by atoms with E-state index in [1.807, 2.05) is 31.2 Å². The van der Waals surface area contributed by atoms with Crippen molar-refractivity contribution in [3.63, 3.8) is 0 Å². The fraction of sp³-hybridized carbons (Fsp3) is 0.211. The number of hydrazine groups is 1. The zero-order chi connectivity index (χ0) is 18.5. The highest BCUT2D eigenvalue weighted by atomic mass is 16.4. The maximum atomic E-state index is 12.2. The molecular formula is C19H20N4O3. The van der Waals surface area contributed by atoms with Crippen LogP contribution < -0.4 is 16.3 Å². The Morgan fingerprint density at radius 1 is 1.12 bits per heavy atom. The van der Waals surface area contributed by atoms with Gasteiger partial charge in [-0.05, 0) is 36.6 Å². The number of carbonyl (C=O) groups excluding carboxylic acids is 1. The third kappa shape index (κ3) is 4.33. The summed E-state index contributed by atoms with van der Waals surface area (Å²) >= 11 is 0. The van der Waals surface area contributed by atoms with Crippen LogP contribution in [-0.2, 0) is 4.79 Å². The molecule has 1 fully saturated rings. The summed E-state index contributed by atoms with van der Waals surface area (Å²) in [4.78, 5) is 23.0. The smallest absolute Gasteiger partial charge is 0.335 e. The fourth-order valence-corrected chi connectivity index (χ4v) is 2.71. The molecule has 0 aliphatic carbocycles. The van der Waals surface area contributed by atoms with E-state index in [0.29, 0.717) is 12.0 Å². The molecule has 2 unspecified atom stereocenters. The van der Waals surface area contributed by atoms with Crippen LogP contribution in [0.15, 0.2) is 53.6 Å². The van der Waals surface area contributed by atoms with Crippen molar-refractivity contribution in [1.29, 1.82) is 0 Å². The first-order valence-electron chi connectivity index (χ1n) is 8.27. The van der Waals surface area contributed by atoms with Gasteiger partial charge < -0.3 is 5.11 Å². The van der Waals surface area contributed by atoms with E-state index in [1.54, 1.807) is 12.1 Å². The maximum absolute atomic E-state index is 12.2. The van der Waals surface area contributed by atoms with Crippen molar-refractivity contribution in [1.82, 2.24) is 16.3 Å². The highest BCUT2D eigenvalue weighted by molar-refractivity contribution is 5.89. The van der Waals surface area contributed by atoms with Crippen LogP contribution in [0.3, 0.4) is 0 Å². The number of aryl methyl sites for hydroxylation is 1. The number of carboxylic acid groups (broad SMARTS) is 1. The predicted molar refractivity (Wildman–Crippen MR) is 97.7 cm³/mol. The zero-order valence-electron chi connectivity index (χ0n) is 14.3. The van der Waals surface area contributed by atoms with Crippen LogP contribution in [0.25, 0.3) is 0 Å². The van der Waals surface area contributed by atoms with Gasteiger partial charge in [0.15, 0.2) is 0 Å². The lowest BCUT2D eigenvalue weighted by Gasteiger charge is -2.09. The first kappa shape index (κ1) is 17.8. The number of carbonyl (C=O) groups is 2. The molecule has 3 rings (SSSR count). The van der Waals surface area contributed by atoms with Gasteiger partial charge in [0.25, 0.3) is 5.91 Å². The molecule has 2 atom stereocenters. The minimum atomic E-state index is -0.982. The Bertz CT molecular complexity index is 816. The maximum Gasteiger partial charge on any atom is 0.335 e. The number of nitrogens with one attached hydrogen (secondary N) is 3. The summed E-state index contributed by atoms with van der Waals surface area (Å²) in [5, 5.41) is 12.8. The molecule has 2 aromatic carbocycles. The lowest BCUT2D eigenvalue weighted by atomic mass is 10.0. The van der Waals surface area contributed by atoms with Gasteiger partial charge in [-0.2, -0.15) is 5.10 Å². The number of amides is 1. The van der Waals surface area contributed by atoms with Gasteiger partial charge >= 0.3 is 5.97 Å². The molecule has 1 heterocycles. The molecule has 2 aromatic rings. The van der Waals surface area contributed by atoms with E-state index in [1.165, 1.54) is 23.9 Å². The van der Waals surface area contributed by atoms with Gasteiger partial charge in [0.2, 0.25) is 0 Å². The van der Waals surface area contributed by atoms with Crippen LogP contribution in [0.4, 0.5) is 0 Å². The lowest BCUT2D eigenvalue weighted by Crippen LogP contribution is -2.41. The Labute approximate surface area is 151 Å². The van der Waals surface area contributed by atoms with E-state index < -0.39 is 5.97 Å². The summed E-state index contributed by atoms with van der Waals surface area (Å²) < 4.78 is 0. The summed E-state index contributed by atoms with van der Waals surface area (Å²) in [6.07, 6.45) is 2.10. The van der Waals surface area contributed by atoms with E-state index in [-0.39, 0.29) is 23.6 Å². The third-order valence-electron chi connectivity index (χ3n) is 4.25. The molecule has 1 amide bonds. The average Bonchev–Trinajstić information content (AvgIpc) is 3.13. The van der Waals surface area contributed by atoms with Gasteiger partial charge in [0.1, 0.15) is 6.04 Å². The van der Waals surface area contributed by atoms with Gasteiger partial charge in [0, 0.05) is 6.04 Å². The Morgan fingerprint density at radius 2 is 1.81 bits per heavy atom. The SMILES string of the molecule is Cc1ccc(C2CC(C(=O)N/N=C/c3ccc(C(=O)O)cc3)NN2)cc1. The molecule has 0 bridgehead atoms. The van der Waals surface area contributed by atoms with Crippen LogP contribution in [-0.4, -0.2) is 29.2 Å². The van der Waals surface area contributed by atoms with Gasteiger partial charge in [-0.25, -0.2) is 21.1 Å². The molecule has 1 saturated heterocycles. The minimum Gasteiger partial charge on any atom is -0.478 e. The molecule has 26 heavy (non-hydrogen) atoms. The van der Waals surface area contributed by atoms with E-state index in [2.05, 4.69) is 21.4 Å². The standard InChI is InChI=1S/C19H20N4O3/c1-12-2-6-14(7-3-12)16-10-17(22-21-16)18(24)23-20-11-13-4-8-15(9-5-13)19(25)26/h2-9,11,16-17,21-22H,10H2,1H3,(H,23,24)(H,25,26)/b20-11+. The van der Waals surface area contributed by atoms with Crippen LogP contribution in [0.2, 0.25) is 0 Å². The molecule has 0 radical (unpaired) electrons. The molecule has 0 saturated carbocycles. The number of carboxylic acids is 1. The van der Waals surface area contributed by atoms with E-state index in [0.717, 1.165) is 5.56 Å². The van der Waals surface area contributed by atoms with Crippen LogP contribution >= 0.6 is 0 Å². The molecule has 0 aromatic heterocycles. The third-order valence-corrected chi connectivity index (χ3v) is 4.25. The molecule has 1 aliphatic rings. The number of benzene rings is 2. The lowest BCUT2D eigenvalue weighted by molar-refractivity contribution is -0.122. The number of hydrazone groups is 1. The molecule has 7 nitrogen and oxygen atoms in total. The van der Waals surface area contributed by atoms with Crippen molar-refractivity contribution in [2.24, 2.45) is 5.10 Å². The van der Waals surface area contributed by atoms with Gasteiger partial charge in [0.05, 0.1) is 11.8 Å². The Hall–Kier alpha value is -3.03. The highest BCUT2D eigenvalue weighted by Crippen LogP contribution is 2.22. The summed E-state index contributed by atoms with van der Waals surface area (Å²) in [7, 11) is 0. The summed E-state index contributed by atoms with van der Waals surface area (Å²) in [6.45, 7) is 2.04. The molecule has 0 spiro atoms. The summed E-state index contributed by atoms with van der Waals surface area (Å²) in [5.74, 6) is -1.21. The van der Waals surface area contributed by atoms with Crippen molar-refractivity contribution in [2.45, 2.75) is 25.4 Å². The van der Waals surface area contributed by atoms with Crippen molar-refractivity contribution in [2.75, 3.05) is 0 Å². The second kappa shape index (κ2) is 7.90. The normalized spacial score (nSPS) is 19.6. The monoisotopic (exact) mass is 352 g/mol. The van der Waals surface area contributed by atoms with Gasteiger partial charge in [-0.15, -0.1) is 0 Å². The topological polar surface area (TPSA) is 103 Å². The fourth-order valence-electron chi connectivity index (χ4n) is 2.71. The molecule has 4 N–H and O–H groups in total. The first-order chi connectivity index (χ1) is 12.5. The number of nitrogens with zero attached hydrogens (tertiary/aromatic N) is 1. The second-order valence-electron chi connectivity index (χ2n) is 6.20. The van der Waals surface area contributed by atoms with Crippen molar-refractivity contribution >= 4 is 18.1 Å². The molecule has 1 aliphatic heterocycles. The number of hydrogen-bond donors (Lipinski definition) is 4. The van der Waals surface area contributed by atoms with Crippen LogP contribution in [0.1, 0.15) is 39.5 Å². The van der Waals surface area contributed by atoms with E-state index in [4.69, 9.17) is 5.11 Å². The van der Waals surface area contributed by atoms with Crippen molar-refractivity contribution in [3.05, 3.63) is 70.8 Å². The van der Waals surface area contributed by atoms with E-state index in [9.17, 15) is 9.59 Å². The van der Waals surface area contributed by atoms with Crippen LogP contribution in [0.5, 0.6) is 0 Å². The Balaban J connectivity index is 1.52. The van der Waals surface area contributed by atoms with Gasteiger partial charge in [-0.1, -0.05) is 42.0 Å². The number of rotatable bonds is 5. The summed E-state index contributed by atoms with van der Waals surface area (Å²) in [5.41, 5.74) is 11.8. The molecule has 134 valence electrons. The minimum absolute atomic E-state index is 0.0684. The summed E-state index contributed by atoms with van der Waals surface area (Å²) in [6, 6.07) is 14.1. The Morgan fingerprint density at radius 3 is 2.46 bits per heavy atom. The van der Waals surface area contributed by atoms with Crippen LogP contribution in [0, 0.1) is 6.92 Å². The molecular weight excluding hydrogens is 332 g/mol. The second-order valence-corrected chi connectivity index (χ2v) is 6.20. The predicted octanol–water partition coefficient (Wildman–Crippen LogP) is 1.75. The highest BCUT2D eigenvalue weighted by Gasteiger charge is 2.29. The first-order valence-corrected chi connectivity index (χ1v) is 8.27. The molecule has 7 heteroatoms. The number of aromatic carboxylic acids is 1. The Kier molecular flexibility index (Phi) is 5.40.